The van der Waals surface area contributed by atoms with Crippen molar-refractivity contribution in [2.75, 3.05) is 23.7 Å². The largest absolute Gasteiger partial charge is 0.390 e. The second-order valence-corrected chi connectivity index (χ2v) is 10.6. The van der Waals surface area contributed by atoms with Gasteiger partial charge in [-0.05, 0) is 11.1 Å². The number of hydrogen-bond acceptors (Lipinski definition) is 10. The number of aromatic nitrogens is 3. The molecule has 190 valence electrons. The first kappa shape index (κ1) is 23.9. The van der Waals surface area contributed by atoms with Gasteiger partial charge in [-0.3, -0.25) is 4.98 Å². The minimum atomic E-state index is -0.659. The number of nitrogen functional groups attached to an aromatic ring is 1. The third kappa shape index (κ3) is 3.69. The second-order valence-electron chi connectivity index (χ2n) is 9.58. The highest BCUT2D eigenvalue weighted by atomic mass is 32.1. The van der Waals surface area contributed by atoms with Crippen molar-refractivity contribution in [2.45, 2.75) is 45.2 Å². The zero-order chi connectivity index (χ0) is 26.0. The number of ether oxygens (including phenoxy) is 1. The number of fused-ring (bicyclic) bond motifs is 4. The number of β-amino-alcohol motifs (C(OH)–C–C–N with tert-alkyl or cyclic N) is 1. The van der Waals surface area contributed by atoms with Crippen LogP contribution in [-0.2, 0) is 18.0 Å². The molecule has 2 aliphatic heterocycles. The number of nitrogens with one attached hydrogen (secondary N) is 1. The SMILES string of the molecule is CC(C)N[C@H]1CN(c2ncc3c4c(c(-c5ncc(F)c6sc(N)c(C#N)c56)c(F)c3n2)COC4)C[C@@H]1O. The summed E-state index contributed by atoms with van der Waals surface area (Å²) in [7, 11) is 0. The summed E-state index contributed by atoms with van der Waals surface area (Å²) in [5.41, 5.74) is 7.65. The van der Waals surface area contributed by atoms with Crippen LogP contribution in [0.1, 0.15) is 30.5 Å². The van der Waals surface area contributed by atoms with Crippen LogP contribution in [0, 0.1) is 23.0 Å². The number of thiophene rings is 1. The zero-order valence-corrected chi connectivity index (χ0v) is 20.9. The standard InChI is InChI=1S/C25H23F2N7O2S/c1-10(2)32-16-6-34(7-17(16)35)25-31-4-12-13-8-36-9-14(13)18(20(27)21(12)33-25)22-19-11(3-28)24(29)37-23(19)15(26)5-30-22/h4-5,10,16-17,32,35H,6-9,29H2,1-2H3/t16-,17-/m0/s1. The number of nitrogens with two attached hydrogens (primary N) is 1. The molecular weight excluding hydrogens is 500 g/mol. The summed E-state index contributed by atoms with van der Waals surface area (Å²) >= 11 is 0.930. The Labute approximate surface area is 214 Å². The Kier molecular flexibility index (Phi) is 5.68. The molecule has 0 unspecified atom stereocenters. The number of halogens is 2. The molecule has 0 radical (unpaired) electrons. The number of benzene rings is 1. The fourth-order valence-electron chi connectivity index (χ4n) is 5.23. The lowest BCUT2D eigenvalue weighted by atomic mass is 9.94. The van der Waals surface area contributed by atoms with Gasteiger partial charge in [0.1, 0.15) is 16.6 Å². The van der Waals surface area contributed by atoms with E-state index in [4.69, 9.17) is 10.5 Å². The minimum absolute atomic E-state index is 0.0623. The first-order valence-corrected chi connectivity index (χ1v) is 12.6. The Morgan fingerprint density at radius 1 is 1.24 bits per heavy atom. The molecule has 0 amide bonds. The van der Waals surface area contributed by atoms with E-state index >= 15 is 4.39 Å². The highest BCUT2D eigenvalue weighted by molar-refractivity contribution is 7.23. The lowest BCUT2D eigenvalue weighted by Gasteiger charge is -2.19. The van der Waals surface area contributed by atoms with E-state index in [1.165, 1.54) is 0 Å². The van der Waals surface area contributed by atoms with E-state index in [2.05, 4.69) is 20.3 Å². The molecule has 12 heteroatoms. The van der Waals surface area contributed by atoms with E-state index in [0.717, 1.165) is 23.1 Å². The summed E-state index contributed by atoms with van der Waals surface area (Å²) in [6, 6.07) is 2.03. The van der Waals surface area contributed by atoms with Gasteiger partial charge >= 0.3 is 0 Å². The van der Waals surface area contributed by atoms with Crippen LogP contribution in [0.25, 0.3) is 32.2 Å². The molecule has 4 aromatic rings. The van der Waals surface area contributed by atoms with Gasteiger partial charge in [0, 0.05) is 41.7 Å². The van der Waals surface area contributed by atoms with Crippen LogP contribution >= 0.6 is 11.3 Å². The molecule has 0 spiro atoms. The number of rotatable bonds is 4. The first-order valence-electron chi connectivity index (χ1n) is 11.8. The fraction of sp³-hybridized carbons (Fsp3) is 0.360. The molecule has 2 aliphatic rings. The number of hydrogen-bond donors (Lipinski definition) is 3. The summed E-state index contributed by atoms with van der Waals surface area (Å²) in [5, 5.41) is 24.4. The fourth-order valence-corrected chi connectivity index (χ4v) is 6.15. The Balaban J connectivity index is 1.55. The van der Waals surface area contributed by atoms with Crippen molar-refractivity contribution in [3.63, 3.8) is 0 Å². The normalized spacial score (nSPS) is 19.3. The van der Waals surface area contributed by atoms with E-state index in [1.807, 2.05) is 24.8 Å². The van der Waals surface area contributed by atoms with Crippen LogP contribution in [0.4, 0.5) is 19.7 Å². The Hall–Kier alpha value is -3.50. The number of aliphatic hydroxyl groups is 1. The predicted octanol–water partition coefficient (Wildman–Crippen LogP) is 3.22. The molecule has 6 rings (SSSR count). The van der Waals surface area contributed by atoms with Crippen molar-refractivity contribution in [2.24, 2.45) is 0 Å². The van der Waals surface area contributed by atoms with Crippen LogP contribution in [0.15, 0.2) is 12.4 Å². The van der Waals surface area contributed by atoms with E-state index < -0.39 is 17.7 Å². The van der Waals surface area contributed by atoms with Crippen LogP contribution in [0.2, 0.25) is 0 Å². The first-order chi connectivity index (χ1) is 17.8. The maximum absolute atomic E-state index is 16.4. The molecule has 2 atom stereocenters. The van der Waals surface area contributed by atoms with Gasteiger partial charge in [-0.1, -0.05) is 13.8 Å². The molecule has 0 bridgehead atoms. The number of pyridine rings is 1. The summed E-state index contributed by atoms with van der Waals surface area (Å²) in [6.45, 7) is 5.13. The van der Waals surface area contributed by atoms with Crippen molar-refractivity contribution >= 4 is 43.3 Å². The van der Waals surface area contributed by atoms with Crippen molar-refractivity contribution in [3.05, 3.63) is 40.7 Å². The topological polar surface area (TPSA) is 133 Å². The third-order valence-electron chi connectivity index (χ3n) is 6.85. The van der Waals surface area contributed by atoms with Gasteiger partial charge in [-0.15, -0.1) is 11.3 Å². The number of aliphatic hydroxyl groups excluding tert-OH is 1. The summed E-state index contributed by atoms with van der Waals surface area (Å²) < 4.78 is 36.8. The van der Waals surface area contributed by atoms with Gasteiger partial charge in [0.2, 0.25) is 5.95 Å². The Morgan fingerprint density at radius 3 is 2.78 bits per heavy atom. The van der Waals surface area contributed by atoms with E-state index in [0.29, 0.717) is 24.0 Å². The lowest BCUT2D eigenvalue weighted by Crippen LogP contribution is -2.42. The molecule has 1 saturated heterocycles. The van der Waals surface area contributed by atoms with Crippen molar-refractivity contribution in [1.82, 2.24) is 20.3 Å². The van der Waals surface area contributed by atoms with Crippen LogP contribution in [0.5, 0.6) is 0 Å². The number of anilines is 2. The van der Waals surface area contributed by atoms with Crippen molar-refractivity contribution < 1.29 is 18.6 Å². The molecule has 1 aromatic carbocycles. The molecule has 5 heterocycles. The molecule has 9 nitrogen and oxygen atoms in total. The van der Waals surface area contributed by atoms with Crippen molar-refractivity contribution in [1.29, 1.82) is 5.26 Å². The maximum atomic E-state index is 16.4. The Morgan fingerprint density at radius 2 is 2.03 bits per heavy atom. The Bertz CT molecular complexity index is 1620. The minimum Gasteiger partial charge on any atom is -0.390 e. The van der Waals surface area contributed by atoms with Gasteiger partial charge in [0.05, 0.1) is 47.5 Å². The lowest BCUT2D eigenvalue weighted by molar-refractivity contribution is 0.135. The van der Waals surface area contributed by atoms with Crippen LogP contribution < -0.4 is 16.0 Å². The smallest absolute Gasteiger partial charge is 0.226 e. The average Bonchev–Trinajstić information content (AvgIpc) is 3.57. The molecule has 3 aromatic heterocycles. The van der Waals surface area contributed by atoms with E-state index in [1.54, 1.807) is 6.20 Å². The monoisotopic (exact) mass is 523 g/mol. The summed E-state index contributed by atoms with van der Waals surface area (Å²) in [4.78, 5) is 15.1. The molecule has 0 saturated carbocycles. The molecule has 4 N–H and O–H groups in total. The molecule has 37 heavy (non-hydrogen) atoms. The zero-order valence-electron chi connectivity index (χ0n) is 20.0. The third-order valence-corrected chi connectivity index (χ3v) is 7.88. The molecular formula is C25H23F2N7O2S. The maximum Gasteiger partial charge on any atom is 0.226 e. The second kappa shape index (κ2) is 8.81. The summed E-state index contributed by atoms with van der Waals surface area (Å²) in [6.07, 6.45) is 1.96. The highest BCUT2D eigenvalue weighted by Gasteiger charge is 2.34. The highest BCUT2D eigenvalue weighted by Crippen LogP contribution is 2.45. The van der Waals surface area contributed by atoms with E-state index in [9.17, 15) is 14.8 Å². The molecule has 0 aliphatic carbocycles. The molecule has 1 fully saturated rings. The van der Waals surface area contributed by atoms with Crippen molar-refractivity contribution in [3.8, 4) is 17.3 Å². The van der Waals surface area contributed by atoms with Gasteiger partial charge in [-0.25, -0.2) is 18.7 Å². The van der Waals surface area contributed by atoms with Gasteiger partial charge < -0.3 is 25.8 Å². The average molecular weight is 524 g/mol. The number of nitrogens with zero attached hydrogens (tertiary/aromatic N) is 5. The van der Waals surface area contributed by atoms with Gasteiger partial charge in [0.25, 0.3) is 0 Å². The quantitative estimate of drug-likeness (QED) is 0.369. The predicted molar refractivity (Wildman–Crippen MR) is 136 cm³/mol. The number of nitriles is 1. The van der Waals surface area contributed by atoms with E-state index in [-0.39, 0.29) is 68.7 Å². The van der Waals surface area contributed by atoms with Gasteiger partial charge in [0.15, 0.2) is 11.6 Å². The summed E-state index contributed by atoms with van der Waals surface area (Å²) in [5.74, 6) is -1.00. The van der Waals surface area contributed by atoms with Gasteiger partial charge in [-0.2, -0.15) is 5.26 Å². The van der Waals surface area contributed by atoms with Crippen LogP contribution in [0.3, 0.4) is 0 Å². The van der Waals surface area contributed by atoms with Crippen LogP contribution in [-0.4, -0.2) is 51.3 Å².